The molecule has 4 aliphatic rings. The van der Waals surface area contributed by atoms with Crippen LogP contribution in [-0.2, 0) is 22.4 Å². The number of aliphatic hydroxyl groups excluding tert-OH is 1. The lowest BCUT2D eigenvalue weighted by Gasteiger charge is -2.43. The molecule has 0 amide bonds. The molecule has 4 N–H and O–H groups in total. The molecule has 3 aliphatic carbocycles. The lowest BCUT2D eigenvalue weighted by molar-refractivity contribution is -0.130. The summed E-state index contributed by atoms with van der Waals surface area (Å²) < 4.78 is 5.51. The van der Waals surface area contributed by atoms with Gasteiger partial charge in [-0.05, 0) is 129 Å². The fourth-order valence-electron chi connectivity index (χ4n) is 11.0. The van der Waals surface area contributed by atoms with Crippen molar-refractivity contribution in [2.75, 3.05) is 12.8 Å². The molecule has 0 spiro atoms. The van der Waals surface area contributed by atoms with Gasteiger partial charge in [-0.25, -0.2) is 4.98 Å². The van der Waals surface area contributed by atoms with E-state index in [4.69, 9.17) is 15.5 Å². The maximum absolute atomic E-state index is 14.8. The fraction of sp³-hybridized carbons (Fsp3) is 0.519. The number of rotatable bonds is 11. The number of aliphatic imine (C=N–C) groups is 1. The first-order chi connectivity index (χ1) is 29.0. The maximum Gasteiger partial charge on any atom is 0.183 e. The molecule has 60 heavy (non-hydrogen) atoms. The lowest BCUT2D eigenvalue weighted by Crippen LogP contribution is -2.46. The third-order valence-corrected chi connectivity index (χ3v) is 14.2. The van der Waals surface area contributed by atoms with Gasteiger partial charge < -0.3 is 20.7 Å². The monoisotopic (exact) mass is 810 g/mol. The third-order valence-electron chi connectivity index (χ3n) is 14.2. The van der Waals surface area contributed by atoms with Gasteiger partial charge in [0, 0.05) is 30.4 Å². The topological polar surface area (TPSA) is 135 Å². The first kappa shape index (κ1) is 43.2. The fourth-order valence-corrected chi connectivity index (χ4v) is 11.0. The van der Waals surface area contributed by atoms with Gasteiger partial charge >= 0.3 is 0 Å². The molecule has 7 rings (SSSR count). The zero-order valence-corrected chi connectivity index (χ0v) is 36.0. The van der Waals surface area contributed by atoms with Crippen molar-refractivity contribution in [1.82, 2.24) is 4.98 Å². The number of nitrogen functional groups attached to an aromatic ring is 1. The minimum Gasteiger partial charge on any atom is -0.504 e. The SMILES string of the molecule is CCC[C@@H]([C@@H]1C[C@H](Cc2ccnc(N)c2)C[C@@H]2C#C[C@H](c3ccccc3)c3cc(O)c(OC)cc3CCC(=O)CC(=O)[C@@H]2C1)[C@H](O)C1(C2=C[C+](C(C)C)C=N2)CCCCC1. The number of aryl methyl sites for hydroxylation is 1. The number of hydrogen-bond acceptors (Lipinski definition) is 8. The molecular weight excluding hydrogens is 747 g/mol. The van der Waals surface area contributed by atoms with Crippen LogP contribution in [0.4, 0.5) is 5.82 Å². The Labute approximate surface area is 357 Å². The first-order valence-corrected chi connectivity index (χ1v) is 22.5. The number of nitrogens with zero attached hydrogens (tertiary/aromatic N) is 2. The van der Waals surface area contributed by atoms with Gasteiger partial charge in [-0.2, -0.15) is 0 Å². The van der Waals surface area contributed by atoms with Crippen LogP contribution in [0.25, 0.3) is 0 Å². The number of aromatic hydroxyl groups is 1. The molecule has 8 nitrogen and oxygen atoms in total. The maximum atomic E-state index is 14.8. The molecule has 2 heterocycles. The van der Waals surface area contributed by atoms with Gasteiger partial charge in [0.05, 0.1) is 25.6 Å². The van der Waals surface area contributed by atoms with Gasteiger partial charge in [0.1, 0.15) is 41.0 Å². The molecule has 3 aromatic rings. The summed E-state index contributed by atoms with van der Waals surface area (Å²) in [5, 5.41) is 24.2. The van der Waals surface area contributed by atoms with E-state index in [1.165, 1.54) is 13.0 Å². The molecule has 1 aromatic heterocycles. The highest BCUT2D eigenvalue weighted by Crippen LogP contribution is 2.53. The van der Waals surface area contributed by atoms with E-state index in [1.807, 2.05) is 54.7 Å². The van der Waals surface area contributed by atoms with Gasteiger partial charge in [-0.15, -0.1) is 4.99 Å². The smallest absolute Gasteiger partial charge is 0.183 e. The van der Waals surface area contributed by atoms with Crippen LogP contribution in [0.1, 0.15) is 126 Å². The molecular formula is C52H64N3O5+. The molecule has 0 unspecified atom stereocenters. The first-order valence-electron chi connectivity index (χ1n) is 22.5. The van der Waals surface area contributed by atoms with Crippen molar-refractivity contribution in [2.45, 2.75) is 123 Å². The van der Waals surface area contributed by atoms with Crippen molar-refractivity contribution >= 4 is 23.6 Å². The second kappa shape index (κ2) is 19.2. The zero-order valence-electron chi connectivity index (χ0n) is 36.0. The summed E-state index contributed by atoms with van der Waals surface area (Å²) in [6.07, 6.45) is 15.4. The molecule has 0 bridgehead atoms. The number of carbonyl (C=O) groups is 2. The molecule has 2 saturated carbocycles. The van der Waals surface area contributed by atoms with E-state index in [1.54, 1.807) is 12.3 Å². The van der Waals surface area contributed by atoms with E-state index in [0.717, 1.165) is 85.7 Å². The Balaban J connectivity index is 1.34. The average molecular weight is 811 g/mol. The van der Waals surface area contributed by atoms with E-state index < -0.39 is 23.4 Å². The number of ketones is 2. The Kier molecular flexibility index (Phi) is 13.9. The van der Waals surface area contributed by atoms with E-state index in [0.29, 0.717) is 36.7 Å². The number of methoxy groups -OCH3 is 1. The number of nitrogens with two attached hydrogens (primary N) is 1. The molecule has 2 aromatic carbocycles. The summed E-state index contributed by atoms with van der Waals surface area (Å²) in [5.74, 6) is 8.50. The van der Waals surface area contributed by atoms with E-state index >= 15 is 0 Å². The number of benzene rings is 2. The van der Waals surface area contributed by atoms with Crippen LogP contribution in [0.3, 0.4) is 0 Å². The van der Waals surface area contributed by atoms with Crippen molar-refractivity contribution in [1.29, 1.82) is 0 Å². The number of phenols is 1. The number of carbonyl (C=O) groups excluding carboxylic acids is 2. The minimum absolute atomic E-state index is 0.0151. The molecule has 0 saturated heterocycles. The van der Waals surface area contributed by atoms with Gasteiger partial charge in [0.25, 0.3) is 0 Å². The Hall–Kier alpha value is -4.87. The van der Waals surface area contributed by atoms with Crippen molar-refractivity contribution in [3.63, 3.8) is 0 Å². The molecule has 316 valence electrons. The molecule has 8 heteroatoms. The molecule has 2 fully saturated rings. The Morgan fingerprint density at radius 3 is 2.48 bits per heavy atom. The summed E-state index contributed by atoms with van der Waals surface area (Å²) in [6, 6.07) is 17.6. The average Bonchev–Trinajstić information content (AvgIpc) is 3.69. The van der Waals surface area contributed by atoms with Gasteiger partial charge in [0.2, 0.25) is 0 Å². The number of aromatic nitrogens is 1. The van der Waals surface area contributed by atoms with Crippen molar-refractivity contribution in [3.05, 3.63) is 101 Å². The Bertz CT molecular complexity index is 2110. The normalized spacial score (nSPS) is 25.4. The molecule has 1 aliphatic heterocycles. The number of pyridine rings is 1. The van der Waals surface area contributed by atoms with Crippen LogP contribution in [0.15, 0.2) is 77.6 Å². The van der Waals surface area contributed by atoms with Gasteiger partial charge in [-0.3, -0.25) is 9.59 Å². The number of ether oxygens (including phenoxy) is 1. The summed E-state index contributed by atoms with van der Waals surface area (Å²) >= 11 is 0. The number of aliphatic hydroxyl groups is 1. The predicted octanol–water partition coefficient (Wildman–Crippen LogP) is 9.81. The summed E-state index contributed by atoms with van der Waals surface area (Å²) in [5.41, 5.74) is 10.6. The van der Waals surface area contributed by atoms with Crippen LogP contribution in [0.5, 0.6) is 11.5 Å². The van der Waals surface area contributed by atoms with E-state index in [9.17, 15) is 19.8 Å². The number of hydrogen-bond donors (Lipinski definition) is 3. The Morgan fingerprint density at radius 2 is 1.78 bits per heavy atom. The molecule has 7 atom stereocenters. The lowest BCUT2D eigenvalue weighted by atomic mass is 9.61. The third kappa shape index (κ3) is 9.52. The summed E-state index contributed by atoms with van der Waals surface area (Å²) in [4.78, 5) is 38.0. The van der Waals surface area contributed by atoms with Crippen LogP contribution in [0.2, 0.25) is 0 Å². The zero-order chi connectivity index (χ0) is 42.4. The molecule has 0 radical (unpaired) electrons. The predicted molar refractivity (Wildman–Crippen MR) is 238 cm³/mol. The van der Waals surface area contributed by atoms with Crippen LogP contribution < -0.4 is 10.5 Å². The number of allylic oxidation sites excluding steroid dienone is 1. The van der Waals surface area contributed by atoms with E-state index in [2.05, 4.69) is 43.7 Å². The second-order valence-corrected chi connectivity index (χ2v) is 18.4. The standard InChI is InChI=1S/C52H63N3O5/c1-5-12-43(51(59)52(20-10-7-11-21-52)49-29-40(32-55-49)33(2)3)39-25-35(23-34-19-22-54-50(53)26-34)24-37-16-18-42(36-13-8-6-9-14-36)44-31-47(58)48(60-4)28-38(44)15-17-41(56)30-46(57)45(37)27-39/h6,8-9,13-14,19,22,26,28-29,31-33,35,37,39,42-43,45,51,59H,5,7,10-12,15,17,20-21,23-25,27,30H2,1-4H3,(H2-,53,54,58)/p+1/t35-,37+,39-,42-,43+,45-,51+/m1/s1. The quantitative estimate of drug-likeness (QED) is 0.0997. The highest BCUT2D eigenvalue weighted by Gasteiger charge is 2.54. The highest BCUT2D eigenvalue weighted by molar-refractivity contribution is 6.00. The number of anilines is 1. The number of Topliss-reactive ketones (excluding diaryl/α,β-unsaturated/α-hetero) is 2. The largest absolute Gasteiger partial charge is 0.504 e. The van der Waals surface area contributed by atoms with Crippen molar-refractivity contribution < 1.29 is 24.5 Å². The Morgan fingerprint density at radius 1 is 1.00 bits per heavy atom. The highest BCUT2D eigenvalue weighted by atomic mass is 16.5. The van der Waals surface area contributed by atoms with E-state index in [-0.39, 0.29) is 53.8 Å². The number of fused-ring (bicyclic) bond motifs is 2. The van der Waals surface area contributed by atoms with Crippen LogP contribution in [-0.4, -0.2) is 46.2 Å². The summed E-state index contributed by atoms with van der Waals surface area (Å²) in [6.45, 7) is 6.58. The van der Waals surface area contributed by atoms with Crippen LogP contribution >= 0.6 is 0 Å². The minimum atomic E-state index is -0.635. The van der Waals surface area contributed by atoms with Crippen LogP contribution in [0, 0.1) is 58.7 Å². The van der Waals surface area contributed by atoms with Crippen molar-refractivity contribution in [2.24, 2.45) is 45.9 Å². The van der Waals surface area contributed by atoms with Gasteiger partial charge in [0.15, 0.2) is 17.2 Å². The summed E-state index contributed by atoms with van der Waals surface area (Å²) in [7, 11) is 1.52. The number of phenolic OH excluding ortho intramolecular Hbond substituents is 1. The van der Waals surface area contributed by atoms with Gasteiger partial charge in [-0.1, -0.05) is 74.8 Å². The van der Waals surface area contributed by atoms with Crippen molar-refractivity contribution in [3.8, 4) is 23.3 Å². The second-order valence-electron chi connectivity index (χ2n) is 18.4.